The van der Waals surface area contributed by atoms with Crippen LogP contribution in [-0.4, -0.2) is 65.9 Å². The van der Waals surface area contributed by atoms with Crippen LogP contribution in [0.4, 0.5) is 0 Å². The lowest BCUT2D eigenvalue weighted by Crippen LogP contribution is -2.53. The van der Waals surface area contributed by atoms with Crippen LogP contribution < -0.4 is 0 Å². The van der Waals surface area contributed by atoms with Gasteiger partial charge in [-0.3, -0.25) is 14.6 Å². The topological polar surface area (TPSA) is 26.8 Å². The third kappa shape index (κ3) is 3.50. The Balaban J connectivity index is 1.54. The van der Waals surface area contributed by atoms with Crippen LogP contribution in [0.3, 0.4) is 0 Å². The quantitative estimate of drug-likeness (QED) is 0.850. The van der Waals surface area contributed by atoms with E-state index >= 15 is 0 Å². The molecule has 2 fully saturated rings. The lowest BCUT2D eigenvalue weighted by atomic mass is 10.0. The molecule has 0 spiro atoms. The average Bonchev–Trinajstić information content (AvgIpc) is 2.89. The molecule has 120 valence electrons. The van der Waals surface area contributed by atoms with Gasteiger partial charge in [-0.25, -0.2) is 0 Å². The van der Waals surface area contributed by atoms with Crippen LogP contribution in [0.1, 0.15) is 19.4 Å². The summed E-state index contributed by atoms with van der Waals surface area (Å²) < 4.78 is 0. The van der Waals surface area contributed by atoms with Gasteiger partial charge in [-0.15, -0.1) is 0 Å². The van der Waals surface area contributed by atoms with Gasteiger partial charge in [0, 0.05) is 58.8 Å². The predicted molar refractivity (Wildman–Crippen MR) is 88.5 cm³/mol. The summed E-state index contributed by atoms with van der Waals surface area (Å²) in [5, 5.41) is 0. The van der Waals surface area contributed by atoms with E-state index in [2.05, 4.69) is 47.1 Å². The molecule has 4 heteroatoms. The van der Waals surface area contributed by atoms with Crippen LogP contribution in [0.2, 0.25) is 0 Å². The number of hydrogen-bond acceptors (Lipinski definition) is 3. The van der Waals surface area contributed by atoms with Gasteiger partial charge in [-0.1, -0.05) is 37.3 Å². The minimum Gasteiger partial charge on any atom is -0.340 e. The normalized spacial score (nSPS) is 27.3. The van der Waals surface area contributed by atoms with Gasteiger partial charge in [0.1, 0.15) is 0 Å². The van der Waals surface area contributed by atoms with E-state index in [0.717, 1.165) is 39.3 Å². The van der Waals surface area contributed by atoms with Crippen molar-refractivity contribution in [3.63, 3.8) is 0 Å². The van der Waals surface area contributed by atoms with Gasteiger partial charge < -0.3 is 4.90 Å². The van der Waals surface area contributed by atoms with Crippen molar-refractivity contribution in [2.45, 2.75) is 26.4 Å². The predicted octanol–water partition coefficient (Wildman–Crippen LogP) is 1.67. The van der Waals surface area contributed by atoms with E-state index in [0.29, 0.717) is 12.0 Å². The standard InChI is InChI=1S/C18H27N3O/c1-15-12-19(13-17-6-4-3-5-7-17)14-18(15)21-10-8-20(9-11-21)16(2)22/h3-7,15,18H,8-14H2,1-2H3/t15-,18+/m1/s1. The van der Waals surface area contributed by atoms with Crippen molar-refractivity contribution in [2.24, 2.45) is 5.92 Å². The lowest BCUT2D eigenvalue weighted by molar-refractivity contribution is -0.130. The molecule has 2 atom stereocenters. The Morgan fingerprint density at radius 2 is 1.77 bits per heavy atom. The number of carbonyl (C=O) groups excluding carboxylic acids is 1. The first-order valence-electron chi connectivity index (χ1n) is 8.39. The molecule has 1 aromatic rings. The van der Waals surface area contributed by atoms with Crippen molar-refractivity contribution in [2.75, 3.05) is 39.3 Å². The summed E-state index contributed by atoms with van der Waals surface area (Å²) in [4.78, 5) is 18.6. The smallest absolute Gasteiger partial charge is 0.219 e. The molecule has 2 aliphatic rings. The molecule has 0 radical (unpaired) electrons. The third-order valence-corrected chi connectivity index (χ3v) is 5.13. The maximum absolute atomic E-state index is 11.4. The number of amides is 1. The van der Waals surface area contributed by atoms with Crippen LogP contribution in [0.25, 0.3) is 0 Å². The second-order valence-corrected chi connectivity index (χ2v) is 6.77. The van der Waals surface area contributed by atoms with Crippen molar-refractivity contribution in [3.8, 4) is 0 Å². The van der Waals surface area contributed by atoms with Gasteiger partial charge in [0.2, 0.25) is 5.91 Å². The van der Waals surface area contributed by atoms with E-state index in [9.17, 15) is 4.79 Å². The summed E-state index contributed by atoms with van der Waals surface area (Å²) in [6.45, 7) is 11.2. The molecule has 0 saturated carbocycles. The highest BCUT2D eigenvalue weighted by atomic mass is 16.2. The Morgan fingerprint density at radius 3 is 2.41 bits per heavy atom. The lowest BCUT2D eigenvalue weighted by Gasteiger charge is -2.39. The van der Waals surface area contributed by atoms with Crippen LogP contribution in [-0.2, 0) is 11.3 Å². The molecule has 1 amide bonds. The van der Waals surface area contributed by atoms with E-state index in [4.69, 9.17) is 0 Å². The number of carbonyl (C=O) groups is 1. The first-order valence-corrected chi connectivity index (χ1v) is 8.39. The number of likely N-dealkylation sites (tertiary alicyclic amines) is 1. The van der Waals surface area contributed by atoms with Crippen molar-refractivity contribution in [3.05, 3.63) is 35.9 Å². The fraction of sp³-hybridized carbons (Fsp3) is 0.611. The third-order valence-electron chi connectivity index (χ3n) is 5.13. The zero-order chi connectivity index (χ0) is 15.5. The minimum absolute atomic E-state index is 0.213. The van der Waals surface area contributed by atoms with Crippen molar-refractivity contribution >= 4 is 5.91 Å². The van der Waals surface area contributed by atoms with Crippen LogP contribution >= 0.6 is 0 Å². The summed E-state index contributed by atoms with van der Waals surface area (Å²) >= 11 is 0. The molecular weight excluding hydrogens is 274 g/mol. The Bertz CT molecular complexity index is 496. The first kappa shape index (κ1) is 15.5. The monoisotopic (exact) mass is 301 g/mol. The van der Waals surface area contributed by atoms with Crippen molar-refractivity contribution in [1.29, 1.82) is 0 Å². The maximum atomic E-state index is 11.4. The summed E-state index contributed by atoms with van der Waals surface area (Å²) in [6, 6.07) is 11.4. The Hall–Kier alpha value is -1.39. The molecule has 0 aliphatic carbocycles. The van der Waals surface area contributed by atoms with Crippen molar-refractivity contribution in [1.82, 2.24) is 14.7 Å². The summed E-state index contributed by atoms with van der Waals surface area (Å²) in [5.74, 6) is 0.914. The van der Waals surface area contributed by atoms with E-state index in [1.165, 1.54) is 12.1 Å². The van der Waals surface area contributed by atoms with E-state index in [1.54, 1.807) is 6.92 Å². The molecule has 2 heterocycles. The van der Waals surface area contributed by atoms with Gasteiger partial charge in [-0.2, -0.15) is 0 Å². The zero-order valence-corrected chi connectivity index (χ0v) is 13.7. The number of hydrogen-bond donors (Lipinski definition) is 0. The summed E-state index contributed by atoms with van der Waals surface area (Å²) in [5.41, 5.74) is 1.40. The second-order valence-electron chi connectivity index (χ2n) is 6.77. The van der Waals surface area contributed by atoms with Crippen LogP contribution in [0.15, 0.2) is 30.3 Å². The van der Waals surface area contributed by atoms with E-state index < -0.39 is 0 Å². The SMILES string of the molecule is CC(=O)N1CCN([C@H]2CN(Cc3ccccc3)C[C@H]2C)CC1. The Morgan fingerprint density at radius 1 is 1.09 bits per heavy atom. The highest BCUT2D eigenvalue weighted by molar-refractivity contribution is 5.73. The Kier molecular flexibility index (Phi) is 4.79. The van der Waals surface area contributed by atoms with Crippen LogP contribution in [0.5, 0.6) is 0 Å². The van der Waals surface area contributed by atoms with Gasteiger partial charge in [0.05, 0.1) is 0 Å². The molecule has 22 heavy (non-hydrogen) atoms. The summed E-state index contributed by atoms with van der Waals surface area (Å²) in [6.07, 6.45) is 0. The molecule has 0 unspecified atom stereocenters. The number of benzene rings is 1. The molecule has 0 N–H and O–H groups in total. The zero-order valence-electron chi connectivity index (χ0n) is 13.7. The highest BCUT2D eigenvalue weighted by Gasteiger charge is 2.35. The first-order chi connectivity index (χ1) is 10.6. The number of nitrogens with zero attached hydrogens (tertiary/aromatic N) is 3. The molecule has 0 aromatic heterocycles. The van der Waals surface area contributed by atoms with E-state index in [1.807, 2.05) is 4.90 Å². The van der Waals surface area contributed by atoms with Gasteiger partial charge in [0.25, 0.3) is 0 Å². The largest absolute Gasteiger partial charge is 0.340 e. The molecule has 2 aliphatic heterocycles. The van der Waals surface area contributed by atoms with Gasteiger partial charge in [0.15, 0.2) is 0 Å². The highest BCUT2D eigenvalue weighted by Crippen LogP contribution is 2.24. The second kappa shape index (κ2) is 6.80. The molecule has 2 saturated heterocycles. The molecule has 4 nitrogen and oxygen atoms in total. The van der Waals surface area contributed by atoms with Crippen LogP contribution in [0, 0.1) is 5.92 Å². The fourth-order valence-electron chi connectivity index (χ4n) is 3.86. The number of rotatable bonds is 3. The molecule has 3 rings (SSSR count). The maximum Gasteiger partial charge on any atom is 0.219 e. The molecular formula is C18H27N3O. The average molecular weight is 301 g/mol. The summed E-state index contributed by atoms with van der Waals surface area (Å²) in [7, 11) is 0. The van der Waals surface area contributed by atoms with Gasteiger partial charge >= 0.3 is 0 Å². The molecule has 0 bridgehead atoms. The fourth-order valence-corrected chi connectivity index (χ4v) is 3.86. The number of piperazine rings is 1. The van der Waals surface area contributed by atoms with E-state index in [-0.39, 0.29) is 5.91 Å². The molecule has 1 aromatic carbocycles. The van der Waals surface area contributed by atoms with Crippen molar-refractivity contribution < 1.29 is 4.79 Å². The minimum atomic E-state index is 0.213. The Labute approximate surface area is 133 Å². The van der Waals surface area contributed by atoms with Gasteiger partial charge in [-0.05, 0) is 11.5 Å².